The van der Waals surface area contributed by atoms with Crippen LogP contribution in [-0.2, 0) is 9.59 Å². The SMILES string of the molecule is CC1CC1C(=O)NC(CC(=O)O)c1ccc(F)cc1. The molecule has 5 heteroatoms. The minimum atomic E-state index is -1.00. The Bertz CT molecular complexity index is 486. The molecule has 0 spiro atoms. The number of carboxylic acids is 1. The van der Waals surface area contributed by atoms with E-state index in [-0.39, 0.29) is 24.1 Å². The predicted octanol–water partition coefficient (Wildman–Crippen LogP) is 2.11. The van der Waals surface area contributed by atoms with Crippen molar-refractivity contribution in [3.05, 3.63) is 35.6 Å². The molecule has 1 fully saturated rings. The summed E-state index contributed by atoms with van der Waals surface area (Å²) in [5, 5.41) is 11.6. The Balaban J connectivity index is 2.09. The van der Waals surface area contributed by atoms with E-state index in [9.17, 15) is 14.0 Å². The summed E-state index contributed by atoms with van der Waals surface area (Å²) in [6.45, 7) is 1.98. The molecule has 0 aliphatic heterocycles. The number of rotatable bonds is 5. The van der Waals surface area contributed by atoms with Crippen LogP contribution < -0.4 is 5.32 Å². The van der Waals surface area contributed by atoms with E-state index in [1.807, 2.05) is 6.92 Å². The first-order chi connectivity index (χ1) is 8.97. The van der Waals surface area contributed by atoms with E-state index in [4.69, 9.17) is 5.11 Å². The van der Waals surface area contributed by atoms with E-state index >= 15 is 0 Å². The molecule has 0 radical (unpaired) electrons. The number of benzene rings is 1. The second-order valence-electron chi connectivity index (χ2n) is 5.03. The van der Waals surface area contributed by atoms with Gasteiger partial charge in [0, 0.05) is 5.92 Å². The van der Waals surface area contributed by atoms with Gasteiger partial charge < -0.3 is 10.4 Å². The second kappa shape index (κ2) is 5.38. The van der Waals surface area contributed by atoms with Crippen molar-refractivity contribution in [2.45, 2.75) is 25.8 Å². The summed E-state index contributed by atoms with van der Waals surface area (Å²) in [5.74, 6) is -1.17. The third kappa shape index (κ3) is 3.53. The lowest BCUT2D eigenvalue weighted by molar-refractivity contribution is -0.137. The van der Waals surface area contributed by atoms with Crippen molar-refractivity contribution < 1.29 is 19.1 Å². The smallest absolute Gasteiger partial charge is 0.305 e. The zero-order chi connectivity index (χ0) is 14.0. The molecule has 2 rings (SSSR count). The summed E-state index contributed by atoms with van der Waals surface area (Å²) in [5.41, 5.74) is 0.602. The molecule has 0 bridgehead atoms. The predicted molar refractivity (Wildman–Crippen MR) is 66.8 cm³/mol. The topological polar surface area (TPSA) is 66.4 Å². The fraction of sp³-hybridized carbons (Fsp3) is 0.429. The molecule has 3 atom stereocenters. The van der Waals surface area contributed by atoms with Crippen LogP contribution in [0.5, 0.6) is 0 Å². The molecule has 19 heavy (non-hydrogen) atoms. The Morgan fingerprint density at radius 2 is 2.00 bits per heavy atom. The van der Waals surface area contributed by atoms with Crippen LogP contribution in [0.1, 0.15) is 31.4 Å². The van der Waals surface area contributed by atoms with Gasteiger partial charge >= 0.3 is 5.97 Å². The summed E-state index contributed by atoms with van der Waals surface area (Å²) in [6, 6.07) is 4.91. The molecule has 4 nitrogen and oxygen atoms in total. The largest absolute Gasteiger partial charge is 0.481 e. The molecular formula is C14H16FNO3. The Hall–Kier alpha value is -1.91. The molecule has 1 aliphatic carbocycles. The van der Waals surface area contributed by atoms with Crippen LogP contribution in [0.3, 0.4) is 0 Å². The van der Waals surface area contributed by atoms with Crippen LogP contribution in [0.25, 0.3) is 0 Å². The van der Waals surface area contributed by atoms with Gasteiger partial charge in [0.15, 0.2) is 0 Å². The lowest BCUT2D eigenvalue weighted by atomic mass is 10.0. The highest BCUT2D eigenvalue weighted by molar-refractivity contribution is 5.82. The van der Waals surface area contributed by atoms with Gasteiger partial charge in [-0.1, -0.05) is 19.1 Å². The summed E-state index contributed by atoms with van der Waals surface area (Å²) >= 11 is 0. The molecule has 1 aromatic rings. The highest BCUT2D eigenvalue weighted by Crippen LogP contribution is 2.38. The fourth-order valence-corrected chi connectivity index (χ4v) is 2.09. The maximum absolute atomic E-state index is 12.9. The second-order valence-corrected chi connectivity index (χ2v) is 5.03. The number of amides is 1. The third-order valence-electron chi connectivity index (χ3n) is 3.41. The molecule has 0 heterocycles. The molecule has 102 valence electrons. The fourth-order valence-electron chi connectivity index (χ4n) is 2.09. The lowest BCUT2D eigenvalue weighted by Gasteiger charge is -2.17. The van der Waals surface area contributed by atoms with Crippen LogP contribution in [0.4, 0.5) is 4.39 Å². The molecule has 1 aromatic carbocycles. The van der Waals surface area contributed by atoms with Crippen molar-refractivity contribution in [3.63, 3.8) is 0 Å². The standard InChI is InChI=1S/C14H16FNO3/c1-8-6-11(8)14(19)16-12(7-13(17)18)9-2-4-10(15)5-3-9/h2-5,8,11-12H,6-7H2,1H3,(H,16,19)(H,17,18). The van der Waals surface area contributed by atoms with Gasteiger partial charge in [-0.3, -0.25) is 9.59 Å². The van der Waals surface area contributed by atoms with Gasteiger partial charge in [-0.15, -0.1) is 0 Å². The number of carboxylic acid groups (broad SMARTS) is 1. The molecule has 0 aromatic heterocycles. The molecule has 1 amide bonds. The first-order valence-corrected chi connectivity index (χ1v) is 6.25. The Kier molecular flexibility index (Phi) is 3.83. The van der Waals surface area contributed by atoms with Crippen LogP contribution in [-0.4, -0.2) is 17.0 Å². The van der Waals surface area contributed by atoms with E-state index in [1.54, 1.807) is 0 Å². The van der Waals surface area contributed by atoms with Crippen molar-refractivity contribution in [1.29, 1.82) is 0 Å². The normalized spacial score (nSPS) is 22.6. The molecule has 2 N–H and O–H groups in total. The highest BCUT2D eigenvalue weighted by Gasteiger charge is 2.39. The summed E-state index contributed by atoms with van der Waals surface area (Å²) in [6.07, 6.45) is 0.632. The van der Waals surface area contributed by atoms with Crippen LogP contribution in [0, 0.1) is 17.7 Å². The van der Waals surface area contributed by atoms with Crippen LogP contribution >= 0.6 is 0 Å². The highest BCUT2D eigenvalue weighted by atomic mass is 19.1. The Labute approximate surface area is 110 Å². The van der Waals surface area contributed by atoms with E-state index in [2.05, 4.69) is 5.32 Å². The average Bonchev–Trinajstić information content (AvgIpc) is 3.06. The zero-order valence-electron chi connectivity index (χ0n) is 10.6. The molecule has 3 unspecified atom stereocenters. The first-order valence-electron chi connectivity index (χ1n) is 6.25. The number of halogens is 1. The molecule has 1 saturated carbocycles. The Morgan fingerprint density at radius 1 is 1.42 bits per heavy atom. The number of hydrogen-bond donors (Lipinski definition) is 2. The lowest BCUT2D eigenvalue weighted by Crippen LogP contribution is -2.31. The maximum atomic E-state index is 12.9. The van der Waals surface area contributed by atoms with Gasteiger partial charge in [0.2, 0.25) is 5.91 Å². The van der Waals surface area contributed by atoms with Gasteiger partial charge in [-0.2, -0.15) is 0 Å². The molecule has 0 saturated heterocycles. The van der Waals surface area contributed by atoms with Crippen molar-refractivity contribution >= 4 is 11.9 Å². The summed E-state index contributed by atoms with van der Waals surface area (Å²) in [4.78, 5) is 22.7. The minimum Gasteiger partial charge on any atom is -0.481 e. The molecular weight excluding hydrogens is 249 g/mol. The van der Waals surface area contributed by atoms with Gasteiger partial charge in [0.05, 0.1) is 12.5 Å². The number of carbonyl (C=O) groups excluding carboxylic acids is 1. The quantitative estimate of drug-likeness (QED) is 0.857. The number of nitrogens with one attached hydrogen (secondary N) is 1. The average molecular weight is 265 g/mol. The van der Waals surface area contributed by atoms with Crippen LogP contribution in [0.15, 0.2) is 24.3 Å². The first kappa shape index (κ1) is 13.5. The van der Waals surface area contributed by atoms with Crippen molar-refractivity contribution in [1.82, 2.24) is 5.32 Å². The van der Waals surface area contributed by atoms with E-state index in [1.165, 1.54) is 24.3 Å². The zero-order valence-corrected chi connectivity index (χ0v) is 10.6. The van der Waals surface area contributed by atoms with Gasteiger partial charge in [0.1, 0.15) is 5.82 Å². The molecule has 1 aliphatic rings. The van der Waals surface area contributed by atoms with Gasteiger partial charge in [0.25, 0.3) is 0 Å². The number of hydrogen-bond acceptors (Lipinski definition) is 2. The summed E-state index contributed by atoms with van der Waals surface area (Å²) < 4.78 is 12.9. The van der Waals surface area contributed by atoms with Crippen molar-refractivity contribution in [3.8, 4) is 0 Å². The van der Waals surface area contributed by atoms with Crippen LogP contribution in [0.2, 0.25) is 0 Å². The van der Waals surface area contributed by atoms with E-state index < -0.39 is 12.0 Å². The van der Waals surface area contributed by atoms with Crippen molar-refractivity contribution in [2.24, 2.45) is 11.8 Å². The van der Waals surface area contributed by atoms with Gasteiger partial charge in [-0.25, -0.2) is 4.39 Å². The Morgan fingerprint density at radius 3 is 2.47 bits per heavy atom. The number of aliphatic carboxylic acids is 1. The van der Waals surface area contributed by atoms with E-state index in [0.29, 0.717) is 11.5 Å². The monoisotopic (exact) mass is 265 g/mol. The minimum absolute atomic E-state index is 0.0169. The maximum Gasteiger partial charge on any atom is 0.305 e. The van der Waals surface area contributed by atoms with Crippen molar-refractivity contribution in [2.75, 3.05) is 0 Å². The number of carbonyl (C=O) groups is 2. The van der Waals surface area contributed by atoms with Gasteiger partial charge in [-0.05, 0) is 30.0 Å². The summed E-state index contributed by atoms with van der Waals surface area (Å²) in [7, 11) is 0. The van der Waals surface area contributed by atoms with E-state index in [0.717, 1.165) is 6.42 Å². The third-order valence-corrected chi connectivity index (χ3v) is 3.41.